The minimum Gasteiger partial charge on any atom is -0.455 e. The summed E-state index contributed by atoms with van der Waals surface area (Å²) in [5, 5.41) is 6.61. The van der Waals surface area contributed by atoms with Crippen LogP contribution in [0.4, 0.5) is 8.78 Å². The fraction of sp³-hybridized carbons (Fsp3) is 0.314. The maximum absolute atomic E-state index is 13.9. The predicted octanol–water partition coefficient (Wildman–Crippen LogP) is 6.89. The lowest BCUT2D eigenvalue weighted by Gasteiger charge is -2.38. The number of hydrazone groups is 1. The van der Waals surface area contributed by atoms with Crippen LogP contribution < -0.4 is 0 Å². The molecule has 4 unspecified atom stereocenters. The summed E-state index contributed by atoms with van der Waals surface area (Å²) in [6.07, 6.45) is 4.75. The van der Waals surface area contributed by atoms with Crippen molar-refractivity contribution in [2.24, 2.45) is 16.9 Å². The van der Waals surface area contributed by atoms with Gasteiger partial charge in [0.1, 0.15) is 11.6 Å². The number of likely N-dealkylation sites (tertiary alicyclic amines) is 1. The number of halogens is 3. The Hall–Kier alpha value is -4.37. The number of amides is 2. The van der Waals surface area contributed by atoms with Gasteiger partial charge in [-0.25, -0.2) is 13.8 Å². The molecule has 1 saturated carbocycles. The molecule has 0 radical (unpaired) electrons. The Morgan fingerprint density at radius 2 is 1.67 bits per heavy atom. The van der Waals surface area contributed by atoms with Crippen LogP contribution in [0, 0.1) is 23.5 Å². The van der Waals surface area contributed by atoms with Crippen LogP contribution in [0.5, 0.6) is 0 Å². The van der Waals surface area contributed by atoms with Crippen molar-refractivity contribution in [1.29, 1.82) is 0 Å². The van der Waals surface area contributed by atoms with Crippen LogP contribution in [0.1, 0.15) is 60.9 Å². The molecular weight excluding hydrogens is 600 g/mol. The third-order valence-corrected chi connectivity index (χ3v) is 9.11. The normalized spacial score (nSPS) is 24.0. The van der Waals surface area contributed by atoms with E-state index >= 15 is 0 Å². The quantitative estimate of drug-likeness (QED) is 0.278. The molecule has 4 atom stereocenters. The standard InChI is InChI=1S/C35H32ClF2N3O4/c1-40-30(42)17-16-29(33(40)24-5-2-6-25(36)19-24)35(44)45-20-31(43)41-34(22-10-14-27(38)15-11-22)28-7-3-4-23(32(28)39-41)18-21-8-12-26(37)13-9-21/h2,5-6,8-15,18-19,28-29,33-34H,3-4,7,16-17,20H2,1H3/b23-18-. The van der Waals surface area contributed by atoms with Crippen LogP contribution in [-0.2, 0) is 19.1 Å². The lowest BCUT2D eigenvalue weighted by molar-refractivity contribution is -0.161. The first-order valence-electron chi connectivity index (χ1n) is 15.0. The van der Waals surface area contributed by atoms with Gasteiger partial charge in [0, 0.05) is 24.4 Å². The van der Waals surface area contributed by atoms with Crippen molar-refractivity contribution >= 4 is 41.2 Å². The molecule has 2 heterocycles. The summed E-state index contributed by atoms with van der Waals surface area (Å²) in [4.78, 5) is 41.3. The first-order chi connectivity index (χ1) is 21.7. The maximum atomic E-state index is 13.9. The van der Waals surface area contributed by atoms with E-state index in [1.807, 2.05) is 12.1 Å². The smallest absolute Gasteiger partial charge is 0.311 e. The Balaban J connectivity index is 1.25. The Morgan fingerprint density at radius 3 is 2.38 bits per heavy atom. The zero-order valence-corrected chi connectivity index (χ0v) is 25.4. The first-order valence-corrected chi connectivity index (χ1v) is 15.4. The van der Waals surface area contributed by atoms with Gasteiger partial charge in [0.15, 0.2) is 6.61 Å². The molecule has 2 amide bonds. The van der Waals surface area contributed by atoms with Gasteiger partial charge in [0.05, 0.1) is 23.7 Å². The highest BCUT2D eigenvalue weighted by Gasteiger charge is 2.45. The van der Waals surface area contributed by atoms with Crippen LogP contribution in [-0.4, -0.2) is 47.1 Å². The number of esters is 1. The molecule has 0 N–H and O–H groups in total. The van der Waals surface area contributed by atoms with Crippen LogP contribution in [0.3, 0.4) is 0 Å². The summed E-state index contributed by atoms with van der Waals surface area (Å²) in [5.74, 6) is -2.76. The van der Waals surface area contributed by atoms with Gasteiger partial charge in [-0.05, 0) is 90.4 Å². The zero-order chi connectivity index (χ0) is 31.7. The fourth-order valence-electron chi connectivity index (χ4n) is 6.70. The van der Waals surface area contributed by atoms with E-state index in [4.69, 9.17) is 21.4 Å². The lowest BCUT2D eigenvalue weighted by Crippen LogP contribution is -2.44. The molecule has 3 aromatic rings. The number of nitrogens with zero attached hydrogens (tertiary/aromatic N) is 3. The molecule has 3 aromatic carbocycles. The number of rotatable bonds is 6. The number of piperidine rings is 1. The topological polar surface area (TPSA) is 79.3 Å². The van der Waals surface area contributed by atoms with E-state index in [2.05, 4.69) is 0 Å². The summed E-state index contributed by atoms with van der Waals surface area (Å²) in [7, 11) is 1.64. The molecule has 2 fully saturated rings. The Bertz CT molecular complexity index is 1670. The SMILES string of the molecule is CN1C(=O)CCC(C(=O)OCC(=O)N2N=C3/C(=C\c4ccc(F)cc4)CCCC3C2c2ccc(F)cc2)C1c1cccc(Cl)c1. The summed E-state index contributed by atoms with van der Waals surface area (Å²) in [5.41, 5.74) is 3.93. The van der Waals surface area contributed by atoms with Crippen molar-refractivity contribution in [2.45, 2.75) is 44.2 Å². The number of hydrogen-bond acceptors (Lipinski definition) is 5. The molecule has 6 rings (SSSR count). The molecular formula is C35H32ClF2N3O4. The van der Waals surface area contributed by atoms with Crippen molar-refractivity contribution in [3.05, 3.63) is 112 Å². The summed E-state index contributed by atoms with van der Waals surface area (Å²) in [6.45, 7) is -0.548. The molecule has 45 heavy (non-hydrogen) atoms. The van der Waals surface area contributed by atoms with Crippen molar-refractivity contribution in [3.63, 3.8) is 0 Å². The molecule has 0 bridgehead atoms. The molecule has 3 aliphatic rings. The molecule has 10 heteroatoms. The van der Waals surface area contributed by atoms with Gasteiger partial charge in [0.2, 0.25) is 5.91 Å². The van der Waals surface area contributed by atoms with Gasteiger partial charge in [-0.1, -0.05) is 48.0 Å². The third-order valence-electron chi connectivity index (χ3n) is 8.87. The van der Waals surface area contributed by atoms with Crippen LogP contribution in [0.25, 0.3) is 6.08 Å². The summed E-state index contributed by atoms with van der Waals surface area (Å²) in [6, 6.07) is 18.1. The number of ether oxygens (including phenoxy) is 1. The number of hydrogen-bond donors (Lipinski definition) is 0. The van der Waals surface area contributed by atoms with Gasteiger partial charge >= 0.3 is 5.97 Å². The second kappa shape index (κ2) is 12.9. The van der Waals surface area contributed by atoms with E-state index in [0.29, 0.717) is 10.6 Å². The predicted molar refractivity (Wildman–Crippen MR) is 166 cm³/mol. The van der Waals surface area contributed by atoms with Gasteiger partial charge in [-0.2, -0.15) is 5.10 Å². The molecule has 0 spiro atoms. The number of allylic oxidation sites excluding steroid dienone is 1. The molecule has 1 aliphatic carbocycles. The highest BCUT2D eigenvalue weighted by molar-refractivity contribution is 6.30. The van der Waals surface area contributed by atoms with E-state index in [9.17, 15) is 23.2 Å². The van der Waals surface area contributed by atoms with Crippen molar-refractivity contribution in [1.82, 2.24) is 9.91 Å². The Morgan fingerprint density at radius 1 is 0.956 bits per heavy atom. The molecule has 1 saturated heterocycles. The van der Waals surface area contributed by atoms with E-state index in [1.165, 1.54) is 34.2 Å². The zero-order valence-electron chi connectivity index (χ0n) is 24.7. The average molecular weight is 632 g/mol. The van der Waals surface area contributed by atoms with Crippen LogP contribution in [0.2, 0.25) is 5.02 Å². The number of carbonyl (C=O) groups excluding carboxylic acids is 3. The average Bonchev–Trinajstić information content (AvgIpc) is 3.43. The van der Waals surface area contributed by atoms with Crippen molar-refractivity contribution in [3.8, 4) is 0 Å². The number of fused-ring (bicyclic) bond motifs is 1. The fourth-order valence-corrected chi connectivity index (χ4v) is 6.90. The largest absolute Gasteiger partial charge is 0.455 e. The number of benzene rings is 3. The first kappa shape index (κ1) is 30.6. The van der Waals surface area contributed by atoms with E-state index in [-0.39, 0.29) is 30.5 Å². The maximum Gasteiger partial charge on any atom is 0.311 e. The Kier molecular flexibility index (Phi) is 8.81. The van der Waals surface area contributed by atoms with Crippen LogP contribution in [0.15, 0.2) is 83.5 Å². The minimum absolute atomic E-state index is 0.0952. The van der Waals surface area contributed by atoms with Gasteiger partial charge in [0.25, 0.3) is 5.91 Å². The van der Waals surface area contributed by atoms with Crippen LogP contribution >= 0.6 is 11.6 Å². The molecule has 7 nitrogen and oxygen atoms in total. The van der Waals surface area contributed by atoms with E-state index < -0.39 is 42.3 Å². The Labute approximate surface area is 265 Å². The summed E-state index contributed by atoms with van der Waals surface area (Å²) >= 11 is 6.22. The van der Waals surface area contributed by atoms with E-state index in [1.54, 1.807) is 49.5 Å². The van der Waals surface area contributed by atoms with E-state index in [0.717, 1.165) is 41.7 Å². The van der Waals surface area contributed by atoms with Gasteiger partial charge in [-0.15, -0.1) is 0 Å². The van der Waals surface area contributed by atoms with Crippen molar-refractivity contribution < 1.29 is 27.9 Å². The van der Waals surface area contributed by atoms with Crippen molar-refractivity contribution in [2.75, 3.05) is 13.7 Å². The minimum atomic E-state index is -0.690. The monoisotopic (exact) mass is 631 g/mol. The number of carbonyl (C=O) groups is 3. The van der Waals surface area contributed by atoms with Gasteiger partial charge in [-0.3, -0.25) is 14.4 Å². The molecule has 2 aliphatic heterocycles. The molecule has 0 aromatic heterocycles. The lowest BCUT2D eigenvalue weighted by atomic mass is 9.77. The summed E-state index contributed by atoms with van der Waals surface area (Å²) < 4.78 is 33.0. The second-order valence-electron chi connectivity index (χ2n) is 11.7. The van der Waals surface area contributed by atoms with Gasteiger partial charge < -0.3 is 9.64 Å². The third kappa shape index (κ3) is 6.40. The highest BCUT2D eigenvalue weighted by atomic mass is 35.5. The second-order valence-corrected chi connectivity index (χ2v) is 12.1. The highest BCUT2D eigenvalue weighted by Crippen LogP contribution is 2.44. The molecule has 232 valence electrons.